The molecule has 5 atom stereocenters. The summed E-state index contributed by atoms with van der Waals surface area (Å²) >= 11 is 0. The van der Waals surface area contributed by atoms with Gasteiger partial charge < -0.3 is 9.84 Å². The van der Waals surface area contributed by atoms with Gasteiger partial charge in [-0.25, -0.2) is 4.79 Å². The SMILES string of the molecule is COC(=O)N1C2C3C=CC2C1C(C(=O)O)C3. The molecule has 86 valence electrons. The molecule has 1 aliphatic heterocycles. The molecular weight excluding hydrogens is 210 g/mol. The molecule has 3 rings (SSSR count). The number of likely N-dealkylation sites (tertiary alicyclic amines) is 1. The first-order valence-electron chi connectivity index (χ1n) is 5.42. The Hall–Kier alpha value is -1.52. The van der Waals surface area contributed by atoms with Crippen molar-refractivity contribution in [3.8, 4) is 0 Å². The molecule has 1 heterocycles. The highest BCUT2D eigenvalue weighted by Crippen LogP contribution is 2.54. The Bertz CT molecular complexity index is 383. The van der Waals surface area contributed by atoms with Crippen LogP contribution in [0.5, 0.6) is 0 Å². The monoisotopic (exact) mass is 223 g/mol. The Morgan fingerprint density at radius 2 is 2.12 bits per heavy atom. The number of aliphatic carboxylic acids is 1. The van der Waals surface area contributed by atoms with Crippen LogP contribution in [0.3, 0.4) is 0 Å². The van der Waals surface area contributed by atoms with Gasteiger partial charge in [-0.2, -0.15) is 0 Å². The van der Waals surface area contributed by atoms with Crippen LogP contribution in [0.1, 0.15) is 6.42 Å². The molecule has 4 bridgehead atoms. The van der Waals surface area contributed by atoms with Crippen LogP contribution in [0.4, 0.5) is 4.79 Å². The summed E-state index contributed by atoms with van der Waals surface area (Å²) in [6.45, 7) is 0. The van der Waals surface area contributed by atoms with Crippen molar-refractivity contribution >= 4 is 12.1 Å². The van der Waals surface area contributed by atoms with Crippen molar-refractivity contribution in [1.29, 1.82) is 0 Å². The standard InChI is InChI=1S/C11H13NO4/c1-16-11(15)12-8-5-2-3-6(8)9(12)7(4-5)10(13)14/h2-3,5-9H,4H2,1H3,(H,13,14). The highest BCUT2D eigenvalue weighted by atomic mass is 16.5. The summed E-state index contributed by atoms with van der Waals surface area (Å²) in [5.41, 5.74) is 0. The maximum absolute atomic E-state index is 11.6. The van der Waals surface area contributed by atoms with E-state index in [-0.39, 0.29) is 23.9 Å². The van der Waals surface area contributed by atoms with Crippen LogP contribution in [0, 0.1) is 17.8 Å². The number of carbonyl (C=O) groups excluding carboxylic acids is 1. The third kappa shape index (κ3) is 0.956. The quantitative estimate of drug-likeness (QED) is 0.665. The summed E-state index contributed by atoms with van der Waals surface area (Å²) in [5.74, 6) is -0.848. The van der Waals surface area contributed by atoms with Crippen molar-refractivity contribution in [3.63, 3.8) is 0 Å². The van der Waals surface area contributed by atoms with Crippen molar-refractivity contribution in [1.82, 2.24) is 4.90 Å². The lowest BCUT2D eigenvalue weighted by molar-refractivity contribution is -0.160. The maximum Gasteiger partial charge on any atom is 0.410 e. The zero-order valence-electron chi connectivity index (χ0n) is 8.87. The van der Waals surface area contributed by atoms with Gasteiger partial charge in [0.2, 0.25) is 0 Å². The van der Waals surface area contributed by atoms with E-state index in [1.54, 1.807) is 4.90 Å². The molecule has 0 aromatic carbocycles. The maximum atomic E-state index is 11.6. The minimum atomic E-state index is -0.809. The summed E-state index contributed by atoms with van der Waals surface area (Å²) in [7, 11) is 1.33. The number of carboxylic acid groups (broad SMARTS) is 1. The summed E-state index contributed by atoms with van der Waals surface area (Å²) in [5, 5.41) is 9.16. The lowest BCUT2D eigenvalue weighted by atomic mass is 9.64. The Morgan fingerprint density at radius 3 is 2.69 bits per heavy atom. The van der Waals surface area contributed by atoms with Crippen LogP contribution in [0.15, 0.2) is 12.2 Å². The van der Waals surface area contributed by atoms with Crippen LogP contribution in [0.25, 0.3) is 0 Å². The van der Waals surface area contributed by atoms with E-state index in [4.69, 9.17) is 9.84 Å². The molecule has 0 spiro atoms. The summed E-state index contributed by atoms with van der Waals surface area (Å²) in [6.07, 6.45) is 4.35. The zero-order valence-corrected chi connectivity index (χ0v) is 8.87. The van der Waals surface area contributed by atoms with E-state index < -0.39 is 18.0 Å². The lowest BCUT2D eigenvalue weighted by Gasteiger charge is -2.59. The average molecular weight is 223 g/mol. The number of ether oxygens (including phenoxy) is 1. The van der Waals surface area contributed by atoms with Gasteiger partial charge in [0.05, 0.1) is 19.1 Å². The first-order valence-corrected chi connectivity index (χ1v) is 5.42. The van der Waals surface area contributed by atoms with E-state index in [9.17, 15) is 9.59 Å². The Labute approximate surface area is 92.7 Å². The highest BCUT2D eigenvalue weighted by molar-refractivity contribution is 5.77. The summed E-state index contributed by atoms with van der Waals surface area (Å²) in [4.78, 5) is 24.3. The largest absolute Gasteiger partial charge is 0.481 e. The molecule has 5 nitrogen and oxygen atoms in total. The minimum absolute atomic E-state index is 0.146. The lowest BCUT2D eigenvalue weighted by Crippen LogP contribution is -2.72. The molecule has 0 aromatic rings. The third-order valence-corrected chi connectivity index (χ3v) is 4.09. The first-order chi connectivity index (χ1) is 7.65. The fraction of sp³-hybridized carbons (Fsp3) is 0.636. The molecule has 5 unspecified atom stereocenters. The molecule has 2 aliphatic carbocycles. The second kappa shape index (κ2) is 2.99. The number of amides is 1. The molecule has 1 amide bonds. The van der Waals surface area contributed by atoms with E-state index >= 15 is 0 Å². The number of carboxylic acids is 1. The minimum Gasteiger partial charge on any atom is -0.481 e. The van der Waals surface area contributed by atoms with Crippen molar-refractivity contribution in [2.45, 2.75) is 18.5 Å². The van der Waals surface area contributed by atoms with Gasteiger partial charge in [-0.05, 0) is 12.3 Å². The van der Waals surface area contributed by atoms with Crippen molar-refractivity contribution < 1.29 is 19.4 Å². The molecule has 1 N–H and O–H groups in total. The molecule has 16 heavy (non-hydrogen) atoms. The van der Waals surface area contributed by atoms with Gasteiger partial charge in [0.1, 0.15) is 0 Å². The van der Waals surface area contributed by atoms with Crippen LogP contribution < -0.4 is 0 Å². The molecule has 5 heteroatoms. The molecule has 1 saturated heterocycles. The molecule has 3 aliphatic rings. The van der Waals surface area contributed by atoms with E-state index in [0.29, 0.717) is 6.42 Å². The Morgan fingerprint density at radius 1 is 1.38 bits per heavy atom. The van der Waals surface area contributed by atoms with E-state index in [2.05, 4.69) is 6.08 Å². The highest BCUT2D eigenvalue weighted by Gasteiger charge is 2.63. The predicted molar refractivity (Wildman–Crippen MR) is 53.7 cm³/mol. The predicted octanol–water partition coefficient (Wildman–Crippen LogP) is 0.712. The van der Waals surface area contributed by atoms with Gasteiger partial charge >= 0.3 is 12.1 Å². The summed E-state index contributed by atoms with van der Waals surface area (Å²) < 4.78 is 4.71. The Kier molecular flexibility index (Phi) is 1.81. The van der Waals surface area contributed by atoms with Gasteiger partial charge in [0, 0.05) is 12.0 Å². The number of piperidine rings is 1. The van der Waals surface area contributed by atoms with Crippen molar-refractivity contribution in [3.05, 3.63) is 12.2 Å². The number of rotatable bonds is 1. The van der Waals surface area contributed by atoms with Crippen LogP contribution in [-0.2, 0) is 9.53 Å². The number of hydrogen-bond donors (Lipinski definition) is 1. The van der Waals surface area contributed by atoms with E-state index in [0.717, 1.165) is 0 Å². The number of methoxy groups -OCH3 is 1. The van der Waals surface area contributed by atoms with Gasteiger partial charge in [0.25, 0.3) is 0 Å². The van der Waals surface area contributed by atoms with Gasteiger partial charge in [-0.1, -0.05) is 12.2 Å². The van der Waals surface area contributed by atoms with E-state index in [1.807, 2.05) is 6.08 Å². The third-order valence-electron chi connectivity index (χ3n) is 4.09. The fourth-order valence-electron chi connectivity index (χ4n) is 3.48. The summed E-state index contributed by atoms with van der Waals surface area (Å²) in [6, 6.07) is -0.0574. The second-order valence-corrected chi connectivity index (χ2v) is 4.67. The van der Waals surface area contributed by atoms with Crippen LogP contribution in [-0.4, -0.2) is 41.3 Å². The topological polar surface area (TPSA) is 66.8 Å². The smallest absolute Gasteiger partial charge is 0.410 e. The van der Waals surface area contributed by atoms with Crippen molar-refractivity contribution in [2.75, 3.05) is 7.11 Å². The van der Waals surface area contributed by atoms with Gasteiger partial charge in [-0.3, -0.25) is 9.69 Å². The zero-order chi connectivity index (χ0) is 11.4. The molecular formula is C11H13NO4. The van der Waals surface area contributed by atoms with Gasteiger partial charge in [0.15, 0.2) is 0 Å². The van der Waals surface area contributed by atoms with E-state index in [1.165, 1.54) is 7.11 Å². The van der Waals surface area contributed by atoms with Crippen LogP contribution in [0.2, 0.25) is 0 Å². The number of nitrogens with zero attached hydrogens (tertiary/aromatic N) is 1. The molecule has 1 saturated carbocycles. The normalized spacial score (nSPS) is 42.8. The first kappa shape index (κ1) is 9.69. The number of hydrogen-bond acceptors (Lipinski definition) is 3. The van der Waals surface area contributed by atoms with Crippen LogP contribution >= 0.6 is 0 Å². The molecule has 0 radical (unpaired) electrons. The number of carbonyl (C=O) groups is 2. The van der Waals surface area contributed by atoms with Crippen molar-refractivity contribution in [2.24, 2.45) is 17.8 Å². The average Bonchev–Trinajstić information content (AvgIpc) is 2.50. The fourth-order valence-corrected chi connectivity index (χ4v) is 3.48. The second-order valence-electron chi connectivity index (χ2n) is 4.67. The van der Waals surface area contributed by atoms with Gasteiger partial charge in [-0.15, -0.1) is 0 Å². The molecule has 2 fully saturated rings. The Balaban J connectivity index is 1.91. The molecule has 0 aromatic heterocycles.